The molecule has 2 unspecified atom stereocenters. The molecule has 0 aromatic heterocycles. The highest BCUT2D eigenvalue weighted by Gasteiger charge is 2.33. The predicted molar refractivity (Wildman–Crippen MR) is 155 cm³/mol. The summed E-state index contributed by atoms with van der Waals surface area (Å²) in [5.41, 5.74) is 0. The van der Waals surface area contributed by atoms with Gasteiger partial charge in [-0.25, -0.2) is 4.57 Å². The Hall–Kier alpha value is 0.380. The lowest BCUT2D eigenvalue weighted by atomic mass is 10.0. The SMILES string of the molecule is CCCCCCCCCCCCCCCCSCC(COC)COP(=O)(O)OC1CC[N+](C)(C)CC1. The average Bonchev–Trinajstić information content (AvgIpc) is 2.83. The van der Waals surface area contributed by atoms with Gasteiger partial charge in [0, 0.05) is 31.6 Å². The molecule has 1 aliphatic heterocycles. The number of unbranched alkanes of at least 4 members (excludes halogenated alkanes) is 13. The smallest absolute Gasteiger partial charge is 0.384 e. The summed E-state index contributed by atoms with van der Waals surface area (Å²) in [5, 5.41) is 0. The van der Waals surface area contributed by atoms with Gasteiger partial charge in [-0.1, -0.05) is 90.4 Å². The van der Waals surface area contributed by atoms with E-state index in [0.717, 1.165) is 41.9 Å². The van der Waals surface area contributed by atoms with Gasteiger partial charge in [0.05, 0.1) is 46.5 Å². The van der Waals surface area contributed by atoms with Crippen LogP contribution in [0, 0.1) is 5.92 Å². The van der Waals surface area contributed by atoms with Crippen LogP contribution in [-0.4, -0.2) is 74.5 Å². The first-order chi connectivity index (χ1) is 17.3. The van der Waals surface area contributed by atoms with Crippen LogP contribution in [-0.2, 0) is 18.3 Å². The van der Waals surface area contributed by atoms with Crippen LogP contribution in [0.2, 0.25) is 0 Å². The molecule has 1 saturated heterocycles. The molecular weight excluding hydrogens is 493 g/mol. The highest BCUT2D eigenvalue weighted by atomic mass is 32.2. The minimum absolute atomic E-state index is 0.0951. The maximum Gasteiger partial charge on any atom is 0.472 e. The Morgan fingerprint density at radius 3 is 1.86 bits per heavy atom. The zero-order chi connectivity index (χ0) is 26.5. The van der Waals surface area contributed by atoms with Gasteiger partial charge in [-0.2, -0.15) is 11.8 Å². The first-order valence-corrected chi connectivity index (χ1v) is 17.5. The van der Waals surface area contributed by atoms with Gasteiger partial charge >= 0.3 is 7.82 Å². The van der Waals surface area contributed by atoms with Crippen LogP contribution in [0.15, 0.2) is 0 Å². The van der Waals surface area contributed by atoms with Gasteiger partial charge in [0.1, 0.15) is 0 Å². The summed E-state index contributed by atoms with van der Waals surface area (Å²) < 4.78 is 29.5. The molecule has 1 rings (SSSR count). The molecule has 0 aliphatic carbocycles. The fourth-order valence-electron chi connectivity index (χ4n) is 4.80. The number of rotatable bonds is 24. The Morgan fingerprint density at radius 1 is 0.861 bits per heavy atom. The zero-order valence-electron chi connectivity index (χ0n) is 24.1. The Bertz CT molecular complexity index is 556. The number of nitrogens with zero attached hydrogens (tertiary/aromatic N) is 1. The van der Waals surface area contributed by atoms with Gasteiger partial charge in [-0.05, 0) is 12.2 Å². The molecule has 36 heavy (non-hydrogen) atoms. The van der Waals surface area contributed by atoms with Crippen LogP contribution in [0.25, 0.3) is 0 Å². The molecule has 0 aromatic carbocycles. The van der Waals surface area contributed by atoms with Crippen molar-refractivity contribution in [2.75, 3.05) is 59.0 Å². The van der Waals surface area contributed by atoms with Crippen LogP contribution in [0.4, 0.5) is 0 Å². The Labute approximate surface area is 227 Å². The highest BCUT2D eigenvalue weighted by Crippen LogP contribution is 2.46. The van der Waals surface area contributed by atoms with E-state index in [1.54, 1.807) is 7.11 Å². The highest BCUT2D eigenvalue weighted by molar-refractivity contribution is 7.99. The van der Waals surface area contributed by atoms with Crippen molar-refractivity contribution in [3.05, 3.63) is 0 Å². The molecule has 2 atom stereocenters. The van der Waals surface area contributed by atoms with Crippen LogP contribution in [0.5, 0.6) is 0 Å². The topological polar surface area (TPSA) is 65.0 Å². The summed E-state index contributed by atoms with van der Waals surface area (Å²) in [7, 11) is 2.00. The van der Waals surface area contributed by atoms with Crippen molar-refractivity contribution >= 4 is 19.6 Å². The number of hydrogen-bond acceptors (Lipinski definition) is 5. The third-order valence-corrected chi connectivity index (χ3v) is 9.59. The Morgan fingerprint density at radius 2 is 1.36 bits per heavy atom. The van der Waals surface area contributed by atoms with E-state index < -0.39 is 7.82 Å². The van der Waals surface area contributed by atoms with Crippen LogP contribution < -0.4 is 0 Å². The van der Waals surface area contributed by atoms with E-state index in [2.05, 4.69) is 21.0 Å². The fraction of sp³-hybridized carbons (Fsp3) is 1.00. The largest absolute Gasteiger partial charge is 0.472 e. The lowest BCUT2D eigenvalue weighted by molar-refractivity contribution is -0.896. The number of methoxy groups -OCH3 is 1. The summed E-state index contributed by atoms with van der Waals surface area (Å²) >= 11 is 1.90. The molecule has 0 amide bonds. The zero-order valence-corrected chi connectivity index (χ0v) is 25.8. The van der Waals surface area contributed by atoms with Gasteiger partial charge in [0.25, 0.3) is 0 Å². The molecule has 1 heterocycles. The fourth-order valence-corrected chi connectivity index (χ4v) is 6.94. The van der Waals surface area contributed by atoms with Crippen molar-refractivity contribution in [2.45, 2.75) is 116 Å². The van der Waals surface area contributed by atoms with Gasteiger partial charge in [0.15, 0.2) is 0 Å². The first-order valence-electron chi connectivity index (χ1n) is 14.8. The van der Waals surface area contributed by atoms with Crippen molar-refractivity contribution in [1.82, 2.24) is 0 Å². The van der Waals surface area contributed by atoms with Crippen LogP contribution in [0.1, 0.15) is 110 Å². The van der Waals surface area contributed by atoms with Gasteiger partial charge in [-0.3, -0.25) is 9.05 Å². The van der Waals surface area contributed by atoms with E-state index in [4.69, 9.17) is 13.8 Å². The number of piperidine rings is 1. The number of phosphoric ester groups is 1. The van der Waals surface area contributed by atoms with Gasteiger partial charge in [0.2, 0.25) is 0 Å². The van der Waals surface area contributed by atoms with E-state index >= 15 is 0 Å². The Balaban J connectivity index is 2.00. The molecule has 216 valence electrons. The second-order valence-electron chi connectivity index (χ2n) is 11.4. The molecule has 1 fully saturated rings. The van der Waals surface area contributed by atoms with Crippen LogP contribution in [0.3, 0.4) is 0 Å². The third kappa shape index (κ3) is 19.4. The number of thioether (sulfide) groups is 1. The summed E-state index contributed by atoms with van der Waals surface area (Å²) in [4.78, 5) is 10.2. The number of ether oxygens (including phenoxy) is 1. The van der Waals surface area contributed by atoms with Crippen molar-refractivity contribution in [1.29, 1.82) is 0 Å². The molecule has 1 aliphatic rings. The predicted octanol–water partition coefficient (Wildman–Crippen LogP) is 7.84. The molecular formula is C28H59NO5PS+. The van der Waals surface area contributed by atoms with Crippen molar-refractivity contribution in [3.63, 3.8) is 0 Å². The molecule has 0 saturated carbocycles. The summed E-state index contributed by atoms with van der Waals surface area (Å²) in [6.45, 7) is 4.91. The van der Waals surface area contributed by atoms with E-state index in [-0.39, 0.29) is 18.6 Å². The molecule has 8 heteroatoms. The summed E-state index contributed by atoms with van der Waals surface area (Å²) in [5.74, 6) is 2.10. The standard InChI is InChI=1S/C28H58NO5PS/c1-5-6-7-8-9-10-11-12-13-14-15-16-17-18-23-36-26-27(24-32-4)25-33-35(30,31)34-28-19-21-29(2,3)22-20-28/h27-28H,5-26H2,1-4H3/p+1. The normalized spacial score (nSPS) is 18.8. The second-order valence-corrected chi connectivity index (χ2v) is 14.0. The molecule has 0 bridgehead atoms. The Kier molecular flexibility index (Phi) is 20.3. The monoisotopic (exact) mass is 552 g/mol. The van der Waals surface area contributed by atoms with E-state index in [0.29, 0.717) is 6.61 Å². The number of quaternary nitrogens is 1. The molecule has 1 N–H and O–H groups in total. The quantitative estimate of drug-likeness (QED) is 0.0748. The minimum atomic E-state index is -4.03. The van der Waals surface area contributed by atoms with Crippen LogP contribution >= 0.6 is 19.6 Å². The molecule has 0 spiro atoms. The number of phosphoric acid groups is 1. The number of likely N-dealkylation sites (tertiary alicyclic amines) is 1. The summed E-state index contributed by atoms with van der Waals surface area (Å²) in [6, 6.07) is 0. The second kappa shape index (κ2) is 21.2. The van der Waals surface area contributed by atoms with E-state index in [1.807, 2.05) is 11.8 Å². The molecule has 0 aromatic rings. The van der Waals surface area contributed by atoms with E-state index in [1.165, 1.54) is 89.9 Å². The number of hydrogen-bond donors (Lipinski definition) is 1. The maximum atomic E-state index is 12.4. The van der Waals surface area contributed by atoms with Crippen molar-refractivity contribution < 1.29 is 27.7 Å². The van der Waals surface area contributed by atoms with Gasteiger partial charge < -0.3 is 14.1 Å². The first kappa shape index (κ1) is 34.4. The lowest BCUT2D eigenvalue weighted by Crippen LogP contribution is -2.47. The minimum Gasteiger partial charge on any atom is -0.384 e. The maximum absolute atomic E-state index is 12.4. The molecule has 6 nitrogen and oxygen atoms in total. The average molecular weight is 553 g/mol. The third-order valence-electron chi connectivity index (χ3n) is 7.27. The van der Waals surface area contributed by atoms with Gasteiger partial charge in [-0.15, -0.1) is 0 Å². The van der Waals surface area contributed by atoms with Crippen molar-refractivity contribution in [3.8, 4) is 0 Å². The van der Waals surface area contributed by atoms with E-state index in [9.17, 15) is 9.46 Å². The lowest BCUT2D eigenvalue weighted by Gasteiger charge is -2.37. The van der Waals surface area contributed by atoms with Crippen molar-refractivity contribution in [2.24, 2.45) is 5.92 Å². The molecule has 0 radical (unpaired) electrons. The summed E-state index contributed by atoms with van der Waals surface area (Å²) in [6.07, 6.45) is 20.7.